The summed E-state index contributed by atoms with van der Waals surface area (Å²) in [6.45, 7) is 0.525. The quantitative estimate of drug-likeness (QED) is 0.872. The zero-order chi connectivity index (χ0) is 12.1. The number of benzene rings is 1. The number of hydrogen-bond acceptors (Lipinski definition) is 3. The Morgan fingerprint density at radius 1 is 1.12 bits per heavy atom. The smallest absolute Gasteiger partial charge is 0.119 e. The highest BCUT2D eigenvalue weighted by atomic mass is 16.5. The van der Waals surface area contributed by atoms with Crippen molar-refractivity contribution in [1.29, 1.82) is 0 Å². The normalized spacial score (nSPS) is 10.2. The largest absolute Gasteiger partial charge is 0.497 e. The van der Waals surface area contributed by atoms with Crippen LogP contribution in [-0.4, -0.2) is 12.1 Å². The molecule has 3 nitrogen and oxygen atoms in total. The van der Waals surface area contributed by atoms with Crippen molar-refractivity contribution in [1.82, 2.24) is 4.98 Å². The van der Waals surface area contributed by atoms with Crippen molar-refractivity contribution in [2.45, 2.75) is 13.0 Å². The summed E-state index contributed by atoms with van der Waals surface area (Å²) >= 11 is 0. The molecule has 0 bridgehead atoms. The standard InChI is InChI=1S/C14H16N2O/c1-17-14-3-2-12(13(9-14)10-15)8-11-4-6-16-7-5-11/h2-7,9H,8,10,15H2,1H3. The molecule has 0 saturated carbocycles. The molecule has 0 aliphatic rings. The van der Waals surface area contributed by atoms with Gasteiger partial charge in [0, 0.05) is 18.9 Å². The Bertz CT molecular complexity index is 483. The topological polar surface area (TPSA) is 48.1 Å². The van der Waals surface area contributed by atoms with Gasteiger partial charge < -0.3 is 10.5 Å². The lowest BCUT2D eigenvalue weighted by Gasteiger charge is -2.10. The molecule has 1 aromatic heterocycles. The Balaban J connectivity index is 2.26. The van der Waals surface area contributed by atoms with Gasteiger partial charge in [-0.25, -0.2) is 0 Å². The maximum atomic E-state index is 5.76. The Kier molecular flexibility index (Phi) is 3.73. The van der Waals surface area contributed by atoms with E-state index < -0.39 is 0 Å². The van der Waals surface area contributed by atoms with Crippen LogP contribution in [0.15, 0.2) is 42.7 Å². The molecule has 17 heavy (non-hydrogen) atoms. The maximum absolute atomic E-state index is 5.76. The Morgan fingerprint density at radius 2 is 1.88 bits per heavy atom. The molecule has 3 heteroatoms. The number of methoxy groups -OCH3 is 1. The lowest BCUT2D eigenvalue weighted by atomic mass is 10.00. The van der Waals surface area contributed by atoms with E-state index in [-0.39, 0.29) is 0 Å². The third-order valence-corrected chi connectivity index (χ3v) is 2.78. The average molecular weight is 228 g/mol. The predicted molar refractivity (Wildman–Crippen MR) is 67.9 cm³/mol. The van der Waals surface area contributed by atoms with E-state index in [1.165, 1.54) is 11.1 Å². The number of ether oxygens (including phenoxy) is 1. The highest BCUT2D eigenvalue weighted by molar-refractivity contribution is 5.38. The second-order valence-corrected chi connectivity index (χ2v) is 3.87. The first-order chi connectivity index (χ1) is 8.33. The molecule has 0 saturated heterocycles. The molecule has 0 spiro atoms. The SMILES string of the molecule is COc1ccc(Cc2ccncc2)c(CN)c1. The van der Waals surface area contributed by atoms with Gasteiger partial charge in [0.05, 0.1) is 7.11 Å². The van der Waals surface area contributed by atoms with Crippen molar-refractivity contribution in [2.75, 3.05) is 7.11 Å². The lowest BCUT2D eigenvalue weighted by molar-refractivity contribution is 0.414. The summed E-state index contributed by atoms with van der Waals surface area (Å²) < 4.78 is 5.20. The molecule has 1 heterocycles. The molecule has 88 valence electrons. The van der Waals surface area contributed by atoms with Gasteiger partial charge in [0.25, 0.3) is 0 Å². The van der Waals surface area contributed by atoms with Crippen LogP contribution in [-0.2, 0) is 13.0 Å². The van der Waals surface area contributed by atoms with Crippen LogP contribution in [0.2, 0.25) is 0 Å². The molecular formula is C14H16N2O. The fraction of sp³-hybridized carbons (Fsp3) is 0.214. The van der Waals surface area contributed by atoms with Gasteiger partial charge in [-0.1, -0.05) is 6.07 Å². The lowest BCUT2D eigenvalue weighted by Crippen LogP contribution is -2.03. The predicted octanol–water partition coefficient (Wildman–Crippen LogP) is 2.14. The summed E-state index contributed by atoms with van der Waals surface area (Å²) in [5, 5.41) is 0. The van der Waals surface area contributed by atoms with Gasteiger partial charge in [-0.15, -0.1) is 0 Å². The molecule has 1 aromatic carbocycles. The van der Waals surface area contributed by atoms with E-state index in [0.29, 0.717) is 6.54 Å². The van der Waals surface area contributed by atoms with E-state index >= 15 is 0 Å². The van der Waals surface area contributed by atoms with Crippen molar-refractivity contribution < 1.29 is 4.74 Å². The first kappa shape index (κ1) is 11.6. The average Bonchev–Trinajstić information content (AvgIpc) is 2.40. The number of rotatable bonds is 4. The van der Waals surface area contributed by atoms with Crippen molar-refractivity contribution in [2.24, 2.45) is 5.73 Å². The summed E-state index contributed by atoms with van der Waals surface area (Å²) in [6.07, 6.45) is 4.49. The molecule has 2 aromatic rings. The molecule has 0 amide bonds. The molecule has 0 aliphatic carbocycles. The third-order valence-electron chi connectivity index (χ3n) is 2.78. The van der Waals surface area contributed by atoms with Gasteiger partial charge in [0.2, 0.25) is 0 Å². The minimum atomic E-state index is 0.525. The zero-order valence-corrected chi connectivity index (χ0v) is 9.89. The van der Waals surface area contributed by atoms with Crippen LogP contribution in [0.1, 0.15) is 16.7 Å². The molecule has 2 N–H and O–H groups in total. The first-order valence-corrected chi connectivity index (χ1v) is 5.58. The monoisotopic (exact) mass is 228 g/mol. The Labute approximate surface area is 101 Å². The van der Waals surface area contributed by atoms with Crippen LogP contribution in [0.4, 0.5) is 0 Å². The van der Waals surface area contributed by atoms with E-state index in [0.717, 1.165) is 17.7 Å². The molecule has 0 fully saturated rings. The van der Waals surface area contributed by atoms with E-state index in [4.69, 9.17) is 10.5 Å². The van der Waals surface area contributed by atoms with E-state index in [9.17, 15) is 0 Å². The van der Waals surface area contributed by atoms with E-state index in [2.05, 4.69) is 11.1 Å². The van der Waals surface area contributed by atoms with Crippen LogP contribution in [0.3, 0.4) is 0 Å². The summed E-state index contributed by atoms with van der Waals surface area (Å²) in [4.78, 5) is 4.01. The number of nitrogens with zero attached hydrogens (tertiary/aromatic N) is 1. The number of pyridine rings is 1. The van der Waals surface area contributed by atoms with Crippen LogP contribution < -0.4 is 10.5 Å². The fourth-order valence-corrected chi connectivity index (χ4v) is 1.81. The minimum Gasteiger partial charge on any atom is -0.497 e. The zero-order valence-electron chi connectivity index (χ0n) is 9.89. The van der Waals surface area contributed by atoms with Crippen molar-refractivity contribution in [3.05, 3.63) is 59.4 Å². The van der Waals surface area contributed by atoms with Gasteiger partial charge in [-0.2, -0.15) is 0 Å². The van der Waals surface area contributed by atoms with Crippen molar-refractivity contribution >= 4 is 0 Å². The van der Waals surface area contributed by atoms with E-state index in [1.54, 1.807) is 19.5 Å². The second kappa shape index (κ2) is 5.46. The van der Waals surface area contributed by atoms with Crippen molar-refractivity contribution in [3.63, 3.8) is 0 Å². The summed E-state index contributed by atoms with van der Waals surface area (Å²) in [7, 11) is 1.66. The number of nitrogens with two attached hydrogens (primary N) is 1. The molecule has 2 rings (SSSR count). The Morgan fingerprint density at radius 3 is 2.53 bits per heavy atom. The first-order valence-electron chi connectivity index (χ1n) is 5.58. The summed E-state index contributed by atoms with van der Waals surface area (Å²) in [6, 6.07) is 10.1. The van der Waals surface area contributed by atoms with Crippen molar-refractivity contribution in [3.8, 4) is 5.75 Å². The molecule has 0 radical (unpaired) electrons. The fourth-order valence-electron chi connectivity index (χ4n) is 1.81. The maximum Gasteiger partial charge on any atom is 0.119 e. The van der Waals surface area contributed by atoms with Crippen LogP contribution in [0.25, 0.3) is 0 Å². The summed E-state index contributed by atoms with van der Waals surface area (Å²) in [5.74, 6) is 0.851. The highest BCUT2D eigenvalue weighted by Crippen LogP contribution is 2.19. The van der Waals surface area contributed by atoms with Gasteiger partial charge in [-0.05, 0) is 47.4 Å². The summed E-state index contributed by atoms with van der Waals surface area (Å²) in [5.41, 5.74) is 9.36. The van der Waals surface area contributed by atoms with Gasteiger partial charge in [0.1, 0.15) is 5.75 Å². The van der Waals surface area contributed by atoms with Crippen LogP contribution >= 0.6 is 0 Å². The third kappa shape index (κ3) is 2.82. The van der Waals surface area contributed by atoms with Gasteiger partial charge >= 0.3 is 0 Å². The van der Waals surface area contributed by atoms with Crippen LogP contribution in [0, 0.1) is 0 Å². The highest BCUT2D eigenvalue weighted by Gasteiger charge is 2.04. The number of aromatic nitrogens is 1. The minimum absolute atomic E-state index is 0.525. The van der Waals surface area contributed by atoms with Crippen LogP contribution in [0.5, 0.6) is 5.75 Å². The second-order valence-electron chi connectivity index (χ2n) is 3.87. The molecule has 0 atom stereocenters. The molecule has 0 aliphatic heterocycles. The van der Waals surface area contributed by atoms with Gasteiger partial charge in [0.15, 0.2) is 0 Å². The van der Waals surface area contributed by atoms with Gasteiger partial charge in [-0.3, -0.25) is 4.98 Å². The molecular weight excluding hydrogens is 212 g/mol. The molecule has 0 unspecified atom stereocenters. The number of hydrogen-bond donors (Lipinski definition) is 1. The Hall–Kier alpha value is -1.87. The van der Waals surface area contributed by atoms with E-state index in [1.807, 2.05) is 24.3 Å².